The Labute approximate surface area is 135 Å². The fourth-order valence-electron chi connectivity index (χ4n) is 3.03. The van der Waals surface area contributed by atoms with Crippen molar-refractivity contribution in [2.45, 2.75) is 25.4 Å². The highest BCUT2D eigenvalue weighted by atomic mass is 16.5. The summed E-state index contributed by atoms with van der Waals surface area (Å²) in [4.78, 5) is 15.1. The van der Waals surface area contributed by atoms with Crippen LogP contribution in [-0.4, -0.2) is 35.2 Å². The van der Waals surface area contributed by atoms with Crippen LogP contribution < -0.4 is 4.90 Å². The van der Waals surface area contributed by atoms with E-state index in [-0.39, 0.29) is 0 Å². The van der Waals surface area contributed by atoms with Crippen LogP contribution in [-0.2, 0) is 11.3 Å². The molecule has 0 amide bonds. The lowest BCUT2D eigenvalue weighted by molar-refractivity contribution is 0.177. The predicted molar refractivity (Wildman–Crippen MR) is 85.9 cm³/mol. The lowest BCUT2D eigenvalue weighted by Crippen LogP contribution is -2.35. The summed E-state index contributed by atoms with van der Waals surface area (Å²) < 4.78 is 5.11. The van der Waals surface area contributed by atoms with E-state index in [0.717, 1.165) is 37.3 Å². The zero-order valence-electron chi connectivity index (χ0n) is 13.1. The van der Waals surface area contributed by atoms with Crippen LogP contribution in [0.25, 0.3) is 0 Å². The van der Waals surface area contributed by atoms with E-state index in [2.05, 4.69) is 25.9 Å². The van der Waals surface area contributed by atoms with Crippen LogP contribution in [0.2, 0.25) is 0 Å². The summed E-state index contributed by atoms with van der Waals surface area (Å²) in [5.74, 6) is 1.05. The Kier molecular flexibility index (Phi) is 4.79. The molecule has 0 bridgehead atoms. The van der Waals surface area contributed by atoms with Gasteiger partial charge in [-0.15, -0.1) is 0 Å². The van der Waals surface area contributed by atoms with Gasteiger partial charge in [-0.2, -0.15) is 5.26 Å². The first kappa shape index (κ1) is 15.4. The number of hydrogen-bond donors (Lipinski definition) is 0. The molecule has 2 aromatic rings. The average molecular weight is 309 g/mol. The number of ether oxygens (including phenoxy) is 1. The predicted octanol–water partition coefficient (Wildman–Crippen LogP) is 2.27. The van der Waals surface area contributed by atoms with Gasteiger partial charge in [0.2, 0.25) is 0 Å². The number of pyridine rings is 1. The smallest absolute Gasteiger partial charge is 0.154 e. The Morgan fingerprint density at radius 1 is 1.39 bits per heavy atom. The van der Waals surface area contributed by atoms with Gasteiger partial charge < -0.3 is 9.64 Å². The zero-order valence-corrected chi connectivity index (χ0v) is 13.1. The van der Waals surface area contributed by atoms with Gasteiger partial charge in [0.25, 0.3) is 0 Å². The van der Waals surface area contributed by atoms with Crippen LogP contribution in [0.3, 0.4) is 0 Å². The molecule has 1 unspecified atom stereocenters. The molecule has 118 valence electrons. The first-order valence-electron chi connectivity index (χ1n) is 7.71. The minimum atomic E-state index is 0.335. The molecule has 3 heterocycles. The largest absolute Gasteiger partial charge is 0.377 e. The van der Waals surface area contributed by atoms with Gasteiger partial charge in [-0.3, -0.25) is 4.98 Å². The first-order valence-corrected chi connectivity index (χ1v) is 7.71. The normalized spacial score (nSPS) is 17.7. The number of nitrogens with zero attached hydrogens (tertiary/aromatic N) is 5. The van der Waals surface area contributed by atoms with E-state index in [4.69, 9.17) is 4.74 Å². The van der Waals surface area contributed by atoms with Gasteiger partial charge in [-0.1, -0.05) is 0 Å². The highest BCUT2D eigenvalue weighted by molar-refractivity contribution is 5.58. The molecule has 0 radical (unpaired) electrons. The monoisotopic (exact) mass is 309 g/mol. The van der Waals surface area contributed by atoms with Gasteiger partial charge in [0, 0.05) is 50.4 Å². The lowest BCUT2D eigenvalue weighted by Gasteiger charge is -2.34. The summed E-state index contributed by atoms with van der Waals surface area (Å²) in [6.07, 6.45) is 7.32. The molecule has 1 fully saturated rings. The van der Waals surface area contributed by atoms with Gasteiger partial charge in [-0.05, 0) is 25.0 Å². The Hall–Kier alpha value is -2.52. The molecule has 23 heavy (non-hydrogen) atoms. The van der Waals surface area contributed by atoms with E-state index in [1.165, 1.54) is 0 Å². The highest BCUT2D eigenvalue weighted by Gasteiger charge is 2.24. The molecule has 6 nitrogen and oxygen atoms in total. The molecular formula is C17H19N5O. The number of methoxy groups -OCH3 is 1. The highest BCUT2D eigenvalue weighted by Crippen LogP contribution is 2.30. The molecule has 0 aliphatic carbocycles. The van der Waals surface area contributed by atoms with E-state index >= 15 is 0 Å². The number of aromatic nitrogens is 3. The molecule has 0 aromatic carbocycles. The molecule has 0 N–H and O–H groups in total. The van der Waals surface area contributed by atoms with Crippen LogP contribution in [0.5, 0.6) is 0 Å². The summed E-state index contributed by atoms with van der Waals surface area (Å²) in [6, 6.07) is 6.12. The molecule has 2 aromatic heterocycles. The van der Waals surface area contributed by atoms with Crippen LogP contribution in [0.4, 0.5) is 5.69 Å². The lowest BCUT2D eigenvalue weighted by atomic mass is 9.94. The molecule has 0 spiro atoms. The Balaban J connectivity index is 1.81. The minimum absolute atomic E-state index is 0.335. The zero-order chi connectivity index (χ0) is 16.1. The molecule has 1 saturated heterocycles. The minimum Gasteiger partial charge on any atom is -0.377 e. The Morgan fingerprint density at radius 3 is 3.13 bits per heavy atom. The van der Waals surface area contributed by atoms with Crippen molar-refractivity contribution >= 4 is 5.69 Å². The number of hydrogen-bond acceptors (Lipinski definition) is 6. The van der Waals surface area contributed by atoms with Crippen molar-refractivity contribution in [3.05, 3.63) is 47.8 Å². The summed E-state index contributed by atoms with van der Waals surface area (Å²) in [7, 11) is 1.64. The van der Waals surface area contributed by atoms with E-state index in [0.29, 0.717) is 23.9 Å². The number of piperidine rings is 1. The number of anilines is 1. The van der Waals surface area contributed by atoms with Crippen molar-refractivity contribution in [3.63, 3.8) is 0 Å². The van der Waals surface area contributed by atoms with Crippen molar-refractivity contribution < 1.29 is 4.74 Å². The fourth-order valence-corrected chi connectivity index (χ4v) is 3.03. The molecule has 1 atom stereocenters. The van der Waals surface area contributed by atoms with Gasteiger partial charge in [0.15, 0.2) is 5.82 Å². The molecule has 1 aliphatic rings. The van der Waals surface area contributed by atoms with Crippen molar-refractivity contribution in [2.24, 2.45) is 0 Å². The van der Waals surface area contributed by atoms with Gasteiger partial charge >= 0.3 is 0 Å². The molecule has 6 heteroatoms. The molecule has 3 rings (SSSR count). The molecule has 0 saturated carbocycles. The van der Waals surface area contributed by atoms with E-state index in [9.17, 15) is 5.26 Å². The van der Waals surface area contributed by atoms with E-state index in [1.807, 2.05) is 12.1 Å². The second-order valence-corrected chi connectivity index (χ2v) is 5.62. The van der Waals surface area contributed by atoms with Crippen LogP contribution in [0, 0.1) is 11.3 Å². The summed E-state index contributed by atoms with van der Waals surface area (Å²) in [6.45, 7) is 2.22. The third-order valence-electron chi connectivity index (χ3n) is 4.10. The first-order chi connectivity index (χ1) is 11.3. The SMILES string of the molecule is COCc1nccc(C2CCCN(c3ccncc3C#N)C2)n1. The van der Waals surface area contributed by atoms with Crippen LogP contribution in [0.15, 0.2) is 30.7 Å². The number of nitriles is 1. The van der Waals surface area contributed by atoms with Crippen molar-refractivity contribution in [1.29, 1.82) is 5.26 Å². The maximum atomic E-state index is 9.28. The standard InChI is InChI=1S/C17H19N5O/c1-23-12-17-20-7-4-15(21-17)13-3-2-8-22(11-13)16-5-6-19-10-14(16)9-18/h4-7,10,13H,2-3,8,11-12H2,1H3. The summed E-state index contributed by atoms with van der Waals surface area (Å²) in [5, 5.41) is 9.28. The van der Waals surface area contributed by atoms with Crippen molar-refractivity contribution in [3.8, 4) is 6.07 Å². The van der Waals surface area contributed by atoms with Crippen LogP contribution >= 0.6 is 0 Å². The third kappa shape index (κ3) is 3.46. The molecular weight excluding hydrogens is 290 g/mol. The number of rotatable bonds is 4. The second kappa shape index (κ2) is 7.16. The average Bonchev–Trinajstić information content (AvgIpc) is 2.62. The fraction of sp³-hybridized carbons (Fsp3) is 0.412. The van der Waals surface area contributed by atoms with E-state index in [1.54, 1.807) is 25.7 Å². The maximum Gasteiger partial charge on any atom is 0.154 e. The third-order valence-corrected chi connectivity index (χ3v) is 4.10. The van der Waals surface area contributed by atoms with Crippen molar-refractivity contribution in [1.82, 2.24) is 15.0 Å². The Bertz CT molecular complexity index is 712. The Morgan fingerprint density at radius 2 is 2.30 bits per heavy atom. The maximum absolute atomic E-state index is 9.28. The van der Waals surface area contributed by atoms with Gasteiger partial charge in [-0.25, -0.2) is 9.97 Å². The quantitative estimate of drug-likeness (QED) is 0.862. The summed E-state index contributed by atoms with van der Waals surface area (Å²) >= 11 is 0. The van der Waals surface area contributed by atoms with Crippen LogP contribution in [0.1, 0.15) is 35.8 Å². The molecule has 1 aliphatic heterocycles. The summed E-state index contributed by atoms with van der Waals surface area (Å²) in [5.41, 5.74) is 2.62. The van der Waals surface area contributed by atoms with Gasteiger partial charge in [0.05, 0.1) is 11.3 Å². The van der Waals surface area contributed by atoms with Crippen molar-refractivity contribution in [2.75, 3.05) is 25.1 Å². The van der Waals surface area contributed by atoms with Gasteiger partial charge in [0.1, 0.15) is 12.7 Å². The van der Waals surface area contributed by atoms with E-state index < -0.39 is 0 Å². The topological polar surface area (TPSA) is 74.9 Å². The second-order valence-electron chi connectivity index (χ2n) is 5.62.